The Hall–Kier alpha value is -1.46. The lowest BCUT2D eigenvalue weighted by Gasteiger charge is -2.34. The Kier molecular flexibility index (Phi) is 5.91. The second-order valence-corrected chi connectivity index (χ2v) is 6.55. The number of rotatable bonds is 6. The van der Waals surface area contributed by atoms with Crippen LogP contribution < -0.4 is 11.1 Å². The lowest BCUT2D eigenvalue weighted by Crippen LogP contribution is -2.55. The first-order valence-electron chi connectivity index (χ1n) is 8.22. The zero-order valence-corrected chi connectivity index (χ0v) is 13.7. The lowest BCUT2D eigenvalue weighted by molar-refractivity contribution is -0.127. The van der Waals surface area contributed by atoms with Gasteiger partial charge in [0.25, 0.3) is 0 Å². The van der Waals surface area contributed by atoms with E-state index in [0.717, 1.165) is 45.3 Å². The summed E-state index contributed by atoms with van der Waals surface area (Å²) in [6, 6.07) is 4.32. The van der Waals surface area contributed by atoms with Gasteiger partial charge in [-0.2, -0.15) is 0 Å². The first kappa shape index (κ1) is 16.9. The highest BCUT2D eigenvalue weighted by molar-refractivity contribution is 5.85. The first-order valence-corrected chi connectivity index (χ1v) is 8.22. The average molecular weight is 304 g/mol. The maximum absolute atomic E-state index is 12.2. The van der Waals surface area contributed by atoms with Crippen LogP contribution in [0.4, 0.5) is 0 Å². The van der Waals surface area contributed by atoms with Gasteiger partial charge in [0.05, 0.1) is 5.54 Å². The molecule has 5 nitrogen and oxygen atoms in total. The van der Waals surface area contributed by atoms with Crippen molar-refractivity contribution in [3.05, 3.63) is 30.1 Å². The number of hydrogen-bond donors (Lipinski definition) is 2. The van der Waals surface area contributed by atoms with Gasteiger partial charge in [-0.25, -0.2) is 0 Å². The Balaban J connectivity index is 1.76. The van der Waals surface area contributed by atoms with E-state index in [1.54, 1.807) is 6.20 Å². The molecule has 0 saturated carbocycles. The van der Waals surface area contributed by atoms with Crippen LogP contribution in [-0.4, -0.2) is 40.5 Å². The van der Waals surface area contributed by atoms with Crippen LogP contribution in [0, 0.1) is 0 Å². The molecule has 2 heterocycles. The van der Waals surface area contributed by atoms with Crippen molar-refractivity contribution < 1.29 is 4.79 Å². The van der Waals surface area contributed by atoms with E-state index in [1.807, 2.05) is 19.2 Å². The Morgan fingerprint density at radius 3 is 2.82 bits per heavy atom. The predicted molar refractivity (Wildman–Crippen MR) is 88.2 cm³/mol. The monoisotopic (exact) mass is 304 g/mol. The molecular formula is C17H28N4O. The van der Waals surface area contributed by atoms with Crippen molar-refractivity contribution >= 4 is 5.91 Å². The van der Waals surface area contributed by atoms with Crippen molar-refractivity contribution in [2.75, 3.05) is 13.1 Å². The quantitative estimate of drug-likeness (QED) is 0.839. The molecular weight excluding hydrogens is 276 g/mol. The normalized spacial score (nSPS) is 19.6. The summed E-state index contributed by atoms with van der Waals surface area (Å²) in [4.78, 5) is 18.8. The van der Waals surface area contributed by atoms with E-state index in [2.05, 4.69) is 28.2 Å². The molecule has 0 spiro atoms. The molecule has 2 rings (SSSR count). The highest BCUT2D eigenvalue weighted by atomic mass is 16.2. The van der Waals surface area contributed by atoms with Gasteiger partial charge in [-0.3, -0.25) is 14.7 Å². The molecule has 122 valence electrons. The summed E-state index contributed by atoms with van der Waals surface area (Å²) >= 11 is 0. The van der Waals surface area contributed by atoms with Crippen LogP contribution >= 0.6 is 0 Å². The number of likely N-dealkylation sites (tertiary alicyclic amines) is 1. The highest BCUT2D eigenvalue weighted by Crippen LogP contribution is 2.15. The minimum atomic E-state index is -0.748. The van der Waals surface area contributed by atoms with Crippen LogP contribution in [0.2, 0.25) is 0 Å². The maximum atomic E-state index is 12.2. The SMILES string of the molecule is CCCC(C)(N)C(=O)NC1CCN(Cc2cccnc2)CC1. The fraction of sp³-hybridized carbons (Fsp3) is 0.647. The van der Waals surface area contributed by atoms with Crippen molar-refractivity contribution in [2.45, 2.75) is 57.7 Å². The Bertz CT molecular complexity index is 467. The van der Waals surface area contributed by atoms with Gasteiger partial charge in [-0.05, 0) is 37.8 Å². The molecule has 1 amide bonds. The number of nitrogens with one attached hydrogen (secondary N) is 1. The third kappa shape index (κ3) is 4.78. The summed E-state index contributed by atoms with van der Waals surface area (Å²) in [7, 11) is 0. The average Bonchev–Trinajstić information content (AvgIpc) is 2.50. The van der Waals surface area contributed by atoms with Gasteiger partial charge in [0.1, 0.15) is 0 Å². The molecule has 0 aromatic carbocycles. The van der Waals surface area contributed by atoms with Crippen molar-refractivity contribution in [3.8, 4) is 0 Å². The molecule has 0 radical (unpaired) electrons. The minimum absolute atomic E-state index is 0.0138. The van der Waals surface area contributed by atoms with Gasteiger partial charge in [0.15, 0.2) is 0 Å². The number of amides is 1. The van der Waals surface area contributed by atoms with Crippen LogP contribution in [0.1, 0.15) is 45.1 Å². The molecule has 0 aliphatic carbocycles. The molecule has 22 heavy (non-hydrogen) atoms. The van der Waals surface area contributed by atoms with Gasteiger partial charge >= 0.3 is 0 Å². The van der Waals surface area contributed by atoms with Crippen molar-refractivity contribution in [1.29, 1.82) is 0 Å². The minimum Gasteiger partial charge on any atom is -0.352 e. The lowest BCUT2D eigenvalue weighted by atomic mass is 9.95. The Labute approximate surface area is 133 Å². The van der Waals surface area contributed by atoms with E-state index in [1.165, 1.54) is 5.56 Å². The van der Waals surface area contributed by atoms with Crippen molar-refractivity contribution in [2.24, 2.45) is 5.73 Å². The number of nitrogens with two attached hydrogens (primary N) is 1. The molecule has 1 aliphatic heterocycles. The van der Waals surface area contributed by atoms with Crippen LogP contribution in [-0.2, 0) is 11.3 Å². The molecule has 5 heteroatoms. The van der Waals surface area contributed by atoms with E-state index < -0.39 is 5.54 Å². The fourth-order valence-electron chi connectivity index (χ4n) is 2.97. The van der Waals surface area contributed by atoms with Gasteiger partial charge < -0.3 is 11.1 Å². The number of hydrogen-bond acceptors (Lipinski definition) is 4. The van der Waals surface area contributed by atoms with Crippen molar-refractivity contribution in [1.82, 2.24) is 15.2 Å². The van der Waals surface area contributed by atoms with Crippen molar-refractivity contribution in [3.63, 3.8) is 0 Å². The zero-order valence-electron chi connectivity index (χ0n) is 13.7. The van der Waals surface area contributed by atoms with Gasteiger partial charge in [0.2, 0.25) is 5.91 Å². The van der Waals surface area contributed by atoms with Gasteiger partial charge in [0, 0.05) is 38.1 Å². The number of nitrogens with zero attached hydrogens (tertiary/aromatic N) is 2. The van der Waals surface area contributed by atoms with E-state index in [9.17, 15) is 4.79 Å². The summed E-state index contributed by atoms with van der Waals surface area (Å²) in [6.07, 6.45) is 7.31. The smallest absolute Gasteiger partial charge is 0.240 e. The molecule has 1 aromatic heterocycles. The summed E-state index contributed by atoms with van der Waals surface area (Å²) < 4.78 is 0. The highest BCUT2D eigenvalue weighted by Gasteiger charge is 2.30. The summed E-state index contributed by atoms with van der Waals surface area (Å²) in [5.74, 6) is -0.0138. The van der Waals surface area contributed by atoms with Gasteiger partial charge in [-0.1, -0.05) is 19.4 Å². The first-order chi connectivity index (χ1) is 10.5. The molecule has 1 saturated heterocycles. The zero-order chi connectivity index (χ0) is 16.0. The molecule has 1 unspecified atom stereocenters. The van der Waals surface area contributed by atoms with E-state index >= 15 is 0 Å². The summed E-state index contributed by atoms with van der Waals surface area (Å²) in [5, 5.41) is 3.13. The Morgan fingerprint density at radius 2 is 2.23 bits per heavy atom. The largest absolute Gasteiger partial charge is 0.352 e. The molecule has 1 fully saturated rings. The fourth-order valence-corrected chi connectivity index (χ4v) is 2.97. The van der Waals surface area contributed by atoms with E-state index in [0.29, 0.717) is 0 Å². The van der Waals surface area contributed by atoms with E-state index in [-0.39, 0.29) is 11.9 Å². The van der Waals surface area contributed by atoms with Crippen LogP contribution in [0.5, 0.6) is 0 Å². The standard InChI is InChI=1S/C17H28N4O/c1-3-8-17(2,18)16(22)20-15-6-10-21(11-7-15)13-14-5-4-9-19-12-14/h4-5,9,12,15H,3,6-8,10-11,13,18H2,1-2H3,(H,20,22). The van der Waals surface area contributed by atoms with Crippen LogP contribution in [0.25, 0.3) is 0 Å². The number of carbonyl (C=O) groups excluding carboxylic acids is 1. The third-order valence-electron chi connectivity index (χ3n) is 4.34. The summed E-state index contributed by atoms with van der Waals surface area (Å²) in [5.41, 5.74) is 6.58. The molecule has 1 aliphatic rings. The number of pyridine rings is 1. The Morgan fingerprint density at radius 1 is 1.50 bits per heavy atom. The van der Waals surface area contributed by atoms with Crippen LogP contribution in [0.15, 0.2) is 24.5 Å². The predicted octanol–water partition coefficient (Wildman–Crippen LogP) is 1.68. The number of aromatic nitrogens is 1. The third-order valence-corrected chi connectivity index (χ3v) is 4.34. The molecule has 0 bridgehead atoms. The topological polar surface area (TPSA) is 71.2 Å². The maximum Gasteiger partial charge on any atom is 0.240 e. The number of piperidine rings is 1. The number of carbonyl (C=O) groups is 1. The second kappa shape index (κ2) is 7.70. The molecule has 1 atom stereocenters. The van der Waals surface area contributed by atoms with Gasteiger partial charge in [-0.15, -0.1) is 0 Å². The summed E-state index contributed by atoms with van der Waals surface area (Å²) in [6.45, 7) is 6.79. The second-order valence-electron chi connectivity index (χ2n) is 6.55. The van der Waals surface area contributed by atoms with E-state index in [4.69, 9.17) is 5.73 Å². The molecule has 3 N–H and O–H groups in total. The molecule has 1 aromatic rings. The van der Waals surface area contributed by atoms with Crippen LogP contribution in [0.3, 0.4) is 0 Å².